The van der Waals surface area contributed by atoms with E-state index in [1.807, 2.05) is 52.0 Å². The Morgan fingerprint density at radius 2 is 1.90 bits per heavy atom. The highest BCUT2D eigenvalue weighted by Gasteiger charge is 2.22. The average molecular weight is 293 g/mol. The molecule has 0 unspecified atom stereocenters. The molecule has 0 saturated heterocycles. The number of ether oxygens (including phenoxy) is 1. The first-order valence-corrected chi connectivity index (χ1v) is 7.64. The van der Waals surface area contributed by atoms with Crippen molar-refractivity contribution < 1.29 is 14.6 Å². The van der Waals surface area contributed by atoms with Crippen LogP contribution < -0.4 is 10.1 Å². The van der Waals surface area contributed by atoms with Crippen molar-refractivity contribution in [1.82, 2.24) is 5.32 Å². The molecule has 0 heterocycles. The molecular weight excluding hydrogens is 266 g/mol. The van der Waals surface area contributed by atoms with Gasteiger partial charge in [0.25, 0.3) is 0 Å². The van der Waals surface area contributed by atoms with Gasteiger partial charge in [0, 0.05) is 12.1 Å². The molecule has 0 fully saturated rings. The van der Waals surface area contributed by atoms with Crippen molar-refractivity contribution in [3.8, 4) is 5.75 Å². The Morgan fingerprint density at radius 3 is 2.48 bits per heavy atom. The monoisotopic (exact) mass is 293 g/mol. The molecule has 1 amide bonds. The smallest absolute Gasteiger partial charge is 0.224 e. The van der Waals surface area contributed by atoms with E-state index in [2.05, 4.69) is 5.32 Å². The molecule has 0 saturated carbocycles. The predicted octanol–water partition coefficient (Wildman–Crippen LogP) is 2.68. The second-order valence-corrected chi connectivity index (χ2v) is 5.66. The fraction of sp³-hybridized carbons (Fsp3) is 0.588. The molecule has 0 radical (unpaired) electrons. The lowest BCUT2D eigenvalue weighted by Crippen LogP contribution is -2.42. The van der Waals surface area contributed by atoms with Gasteiger partial charge in [0.2, 0.25) is 5.91 Å². The Balaban J connectivity index is 2.63. The van der Waals surface area contributed by atoms with Crippen molar-refractivity contribution in [2.75, 3.05) is 6.54 Å². The maximum atomic E-state index is 12.1. The average Bonchev–Trinajstić information content (AvgIpc) is 2.46. The summed E-state index contributed by atoms with van der Waals surface area (Å²) in [7, 11) is 0. The van der Waals surface area contributed by atoms with Gasteiger partial charge in [-0.2, -0.15) is 0 Å². The molecule has 0 aliphatic rings. The van der Waals surface area contributed by atoms with Gasteiger partial charge < -0.3 is 15.2 Å². The first-order chi connectivity index (χ1) is 9.90. The Morgan fingerprint density at radius 1 is 1.29 bits per heavy atom. The van der Waals surface area contributed by atoms with Crippen LogP contribution in [0.15, 0.2) is 24.3 Å². The Bertz CT molecular complexity index is 453. The SMILES string of the molecule is CCC(O)(CC)CNC(=O)Cc1ccccc1OC(C)C. The minimum atomic E-state index is -0.816. The second-order valence-electron chi connectivity index (χ2n) is 5.66. The van der Waals surface area contributed by atoms with Crippen LogP contribution in [0.3, 0.4) is 0 Å². The van der Waals surface area contributed by atoms with E-state index in [0.29, 0.717) is 12.8 Å². The largest absolute Gasteiger partial charge is 0.491 e. The van der Waals surface area contributed by atoms with Gasteiger partial charge in [0.05, 0.1) is 18.1 Å². The zero-order valence-electron chi connectivity index (χ0n) is 13.5. The van der Waals surface area contributed by atoms with Gasteiger partial charge in [0.15, 0.2) is 0 Å². The Hall–Kier alpha value is -1.55. The summed E-state index contributed by atoms with van der Waals surface area (Å²) in [6.45, 7) is 8.04. The Labute approximate surface area is 127 Å². The number of hydrogen-bond donors (Lipinski definition) is 2. The summed E-state index contributed by atoms with van der Waals surface area (Å²) in [5.74, 6) is 0.638. The number of carbonyl (C=O) groups excluding carboxylic acids is 1. The van der Waals surface area contributed by atoms with E-state index in [9.17, 15) is 9.90 Å². The van der Waals surface area contributed by atoms with E-state index in [-0.39, 0.29) is 25.0 Å². The molecule has 0 atom stereocenters. The Kier molecular flexibility index (Phi) is 6.69. The van der Waals surface area contributed by atoms with Crippen molar-refractivity contribution in [3.05, 3.63) is 29.8 Å². The fourth-order valence-electron chi connectivity index (χ4n) is 2.02. The molecule has 0 spiro atoms. The van der Waals surface area contributed by atoms with Gasteiger partial charge in [-0.25, -0.2) is 0 Å². The van der Waals surface area contributed by atoms with Crippen molar-refractivity contribution in [1.29, 1.82) is 0 Å². The van der Waals surface area contributed by atoms with E-state index in [0.717, 1.165) is 11.3 Å². The summed E-state index contributed by atoms with van der Waals surface area (Å²) in [4.78, 5) is 12.1. The number of aliphatic hydroxyl groups is 1. The van der Waals surface area contributed by atoms with Gasteiger partial charge in [-0.3, -0.25) is 4.79 Å². The third-order valence-corrected chi connectivity index (χ3v) is 3.62. The highest BCUT2D eigenvalue weighted by Crippen LogP contribution is 2.20. The third-order valence-electron chi connectivity index (χ3n) is 3.62. The van der Waals surface area contributed by atoms with Crippen LogP contribution in [0.4, 0.5) is 0 Å². The molecule has 4 nitrogen and oxygen atoms in total. The predicted molar refractivity (Wildman–Crippen MR) is 84.5 cm³/mol. The molecule has 118 valence electrons. The third kappa shape index (κ3) is 5.76. The normalized spacial score (nSPS) is 11.5. The van der Waals surface area contributed by atoms with Gasteiger partial charge in [-0.05, 0) is 32.8 Å². The maximum Gasteiger partial charge on any atom is 0.224 e. The lowest BCUT2D eigenvalue weighted by Gasteiger charge is -2.25. The minimum absolute atomic E-state index is 0.0690. The maximum absolute atomic E-state index is 12.1. The number of nitrogens with one attached hydrogen (secondary N) is 1. The van der Waals surface area contributed by atoms with Crippen molar-refractivity contribution in [3.63, 3.8) is 0 Å². The van der Waals surface area contributed by atoms with Crippen LogP contribution in [0.5, 0.6) is 5.75 Å². The number of carbonyl (C=O) groups is 1. The van der Waals surface area contributed by atoms with E-state index in [4.69, 9.17) is 4.74 Å². The summed E-state index contributed by atoms with van der Waals surface area (Å²) < 4.78 is 5.70. The number of benzene rings is 1. The van der Waals surface area contributed by atoms with Crippen LogP contribution >= 0.6 is 0 Å². The van der Waals surface area contributed by atoms with Gasteiger partial charge in [-0.15, -0.1) is 0 Å². The minimum Gasteiger partial charge on any atom is -0.491 e. The summed E-state index contributed by atoms with van der Waals surface area (Å²) in [6.07, 6.45) is 1.57. The summed E-state index contributed by atoms with van der Waals surface area (Å²) in [5.41, 5.74) is 0.0455. The lowest BCUT2D eigenvalue weighted by molar-refractivity contribution is -0.121. The van der Waals surface area contributed by atoms with Crippen LogP contribution in [-0.2, 0) is 11.2 Å². The number of para-hydroxylation sites is 1. The van der Waals surface area contributed by atoms with Gasteiger partial charge >= 0.3 is 0 Å². The van der Waals surface area contributed by atoms with E-state index < -0.39 is 5.60 Å². The van der Waals surface area contributed by atoms with Gasteiger partial charge in [-0.1, -0.05) is 32.0 Å². The molecule has 0 aromatic heterocycles. The molecule has 0 bridgehead atoms. The molecule has 2 N–H and O–H groups in total. The van der Waals surface area contributed by atoms with Crippen molar-refractivity contribution >= 4 is 5.91 Å². The molecule has 0 aliphatic heterocycles. The highest BCUT2D eigenvalue weighted by molar-refractivity contribution is 5.79. The van der Waals surface area contributed by atoms with Crippen LogP contribution in [0.2, 0.25) is 0 Å². The standard InChI is InChI=1S/C17H27NO3/c1-5-17(20,6-2)12-18-16(19)11-14-9-7-8-10-15(14)21-13(3)4/h7-10,13,20H,5-6,11-12H2,1-4H3,(H,18,19). The zero-order chi connectivity index (χ0) is 15.9. The molecule has 1 aromatic carbocycles. The van der Waals surface area contributed by atoms with E-state index in [1.165, 1.54) is 0 Å². The molecule has 21 heavy (non-hydrogen) atoms. The lowest BCUT2D eigenvalue weighted by atomic mass is 9.97. The second kappa shape index (κ2) is 8.03. The molecule has 1 rings (SSSR count). The number of hydrogen-bond acceptors (Lipinski definition) is 3. The summed E-state index contributed by atoms with van der Waals surface area (Å²) in [6, 6.07) is 7.55. The van der Waals surface area contributed by atoms with Crippen LogP contribution in [0, 0.1) is 0 Å². The summed E-state index contributed by atoms with van der Waals surface area (Å²) >= 11 is 0. The zero-order valence-corrected chi connectivity index (χ0v) is 13.5. The van der Waals surface area contributed by atoms with Crippen molar-refractivity contribution in [2.24, 2.45) is 0 Å². The van der Waals surface area contributed by atoms with E-state index >= 15 is 0 Å². The highest BCUT2D eigenvalue weighted by atomic mass is 16.5. The summed E-state index contributed by atoms with van der Waals surface area (Å²) in [5, 5.41) is 13.0. The van der Waals surface area contributed by atoms with E-state index in [1.54, 1.807) is 0 Å². The quantitative estimate of drug-likeness (QED) is 0.775. The van der Waals surface area contributed by atoms with Crippen LogP contribution in [-0.4, -0.2) is 29.3 Å². The first-order valence-electron chi connectivity index (χ1n) is 7.64. The number of amides is 1. The first kappa shape index (κ1) is 17.5. The molecule has 1 aromatic rings. The molecular formula is C17H27NO3. The van der Waals surface area contributed by atoms with Crippen molar-refractivity contribution in [2.45, 2.75) is 58.7 Å². The molecule has 4 heteroatoms. The van der Waals surface area contributed by atoms with Gasteiger partial charge in [0.1, 0.15) is 5.75 Å². The van der Waals surface area contributed by atoms with Crippen LogP contribution in [0.25, 0.3) is 0 Å². The number of rotatable bonds is 8. The topological polar surface area (TPSA) is 58.6 Å². The molecule has 0 aliphatic carbocycles. The van der Waals surface area contributed by atoms with Crippen LogP contribution in [0.1, 0.15) is 46.1 Å². The fourth-order valence-corrected chi connectivity index (χ4v) is 2.02.